The maximum atomic E-state index is 2.67. The molecule has 2 nitrogen and oxygen atoms in total. The van der Waals surface area contributed by atoms with Crippen LogP contribution in [0.1, 0.15) is 92.9 Å². The van der Waals surface area contributed by atoms with E-state index < -0.39 is 0 Å². The van der Waals surface area contributed by atoms with E-state index in [1.54, 1.807) is 0 Å². The van der Waals surface area contributed by atoms with Crippen molar-refractivity contribution in [1.29, 1.82) is 0 Å². The summed E-state index contributed by atoms with van der Waals surface area (Å²) in [6, 6.07) is 0. The maximum Gasteiger partial charge on any atom is 0.102 e. The predicted molar refractivity (Wildman–Crippen MR) is 101 cm³/mol. The Kier molecular flexibility index (Phi) is 13.5. The Balaban J connectivity index is 5.13. The molecule has 0 aromatic heterocycles. The Morgan fingerprint density at radius 1 is 0.545 bits per heavy atom. The van der Waals surface area contributed by atoms with Gasteiger partial charge in [0.2, 0.25) is 0 Å². The van der Waals surface area contributed by atoms with Gasteiger partial charge in [0, 0.05) is 26.2 Å². The van der Waals surface area contributed by atoms with E-state index >= 15 is 0 Å². The van der Waals surface area contributed by atoms with Crippen LogP contribution in [-0.4, -0.2) is 36.0 Å². The van der Waals surface area contributed by atoms with E-state index in [1.165, 1.54) is 88.9 Å². The van der Waals surface area contributed by atoms with Crippen LogP contribution < -0.4 is 0 Å². The number of rotatable bonds is 14. The fourth-order valence-corrected chi connectivity index (χ4v) is 2.88. The van der Waals surface area contributed by atoms with Crippen LogP contribution in [0, 0.1) is 0 Å². The summed E-state index contributed by atoms with van der Waals surface area (Å²) in [6.07, 6.45) is 10.3. The summed E-state index contributed by atoms with van der Waals surface area (Å²) in [6.45, 7) is 18.6. The average Bonchev–Trinajstić information content (AvgIpc) is 2.51. The fraction of sp³-hybridized carbons (Fsp3) is 0.900. The first-order valence-corrected chi connectivity index (χ1v) is 9.79. The van der Waals surface area contributed by atoms with Crippen LogP contribution in [-0.2, 0) is 0 Å². The van der Waals surface area contributed by atoms with E-state index in [2.05, 4.69) is 51.3 Å². The molecule has 0 aliphatic carbocycles. The van der Waals surface area contributed by atoms with Gasteiger partial charge in [0.1, 0.15) is 5.82 Å². The highest BCUT2D eigenvalue weighted by molar-refractivity contribution is 5.08. The third-order valence-electron chi connectivity index (χ3n) is 4.17. The van der Waals surface area contributed by atoms with Gasteiger partial charge in [-0.3, -0.25) is 0 Å². The van der Waals surface area contributed by atoms with Crippen molar-refractivity contribution < 1.29 is 0 Å². The van der Waals surface area contributed by atoms with Crippen LogP contribution in [0.4, 0.5) is 0 Å². The molecule has 0 saturated carbocycles. The Hall–Kier alpha value is -0.660. The second kappa shape index (κ2) is 14.0. The van der Waals surface area contributed by atoms with Crippen molar-refractivity contribution in [3.8, 4) is 0 Å². The second-order valence-electron chi connectivity index (χ2n) is 6.71. The molecule has 22 heavy (non-hydrogen) atoms. The van der Waals surface area contributed by atoms with Gasteiger partial charge in [-0.15, -0.1) is 0 Å². The van der Waals surface area contributed by atoms with E-state index in [9.17, 15) is 0 Å². The van der Waals surface area contributed by atoms with Crippen LogP contribution in [0.2, 0.25) is 0 Å². The molecule has 0 aromatic rings. The number of unbranched alkanes of at least 4 members (excludes halogenated alkanes) is 4. The van der Waals surface area contributed by atoms with Gasteiger partial charge < -0.3 is 9.80 Å². The van der Waals surface area contributed by atoms with Gasteiger partial charge >= 0.3 is 0 Å². The highest BCUT2D eigenvalue weighted by atomic mass is 15.3. The smallest absolute Gasteiger partial charge is 0.102 e. The van der Waals surface area contributed by atoms with Crippen molar-refractivity contribution in [2.24, 2.45) is 0 Å². The third kappa shape index (κ3) is 8.70. The van der Waals surface area contributed by atoms with E-state index in [4.69, 9.17) is 0 Å². The molecule has 0 aromatic carbocycles. The summed E-state index contributed by atoms with van der Waals surface area (Å²) in [5.41, 5.74) is 1.49. The molecule has 0 unspecified atom stereocenters. The Bertz CT molecular complexity index is 241. The van der Waals surface area contributed by atoms with Gasteiger partial charge in [0.15, 0.2) is 0 Å². The Labute approximate surface area is 141 Å². The molecule has 0 N–H and O–H groups in total. The van der Waals surface area contributed by atoms with Crippen molar-refractivity contribution in [3.05, 3.63) is 11.4 Å². The van der Waals surface area contributed by atoms with Gasteiger partial charge in [-0.25, -0.2) is 0 Å². The summed E-state index contributed by atoms with van der Waals surface area (Å²) in [5.74, 6) is 1.53. The number of hydrogen-bond donors (Lipinski definition) is 0. The lowest BCUT2D eigenvalue weighted by molar-refractivity contribution is 0.196. The minimum Gasteiger partial charge on any atom is -0.358 e. The lowest BCUT2D eigenvalue weighted by atomic mass is 10.2. The van der Waals surface area contributed by atoms with E-state index in [0.717, 1.165) is 0 Å². The minimum absolute atomic E-state index is 1.21. The lowest BCUT2D eigenvalue weighted by Gasteiger charge is -2.38. The third-order valence-corrected chi connectivity index (χ3v) is 4.17. The monoisotopic (exact) mass is 310 g/mol. The highest BCUT2D eigenvalue weighted by Gasteiger charge is 2.17. The largest absolute Gasteiger partial charge is 0.358 e. The molecular formula is C20H42N2. The molecule has 0 aliphatic heterocycles. The molecule has 0 atom stereocenters. The van der Waals surface area contributed by atoms with Crippen LogP contribution in [0.3, 0.4) is 0 Å². The molecule has 0 bridgehead atoms. The van der Waals surface area contributed by atoms with Crippen molar-refractivity contribution >= 4 is 0 Å². The minimum atomic E-state index is 1.21. The summed E-state index contributed by atoms with van der Waals surface area (Å²) >= 11 is 0. The van der Waals surface area contributed by atoms with E-state index in [-0.39, 0.29) is 0 Å². The molecule has 0 radical (unpaired) electrons. The summed E-state index contributed by atoms with van der Waals surface area (Å²) in [4.78, 5) is 5.35. The highest BCUT2D eigenvalue weighted by Crippen LogP contribution is 2.19. The second-order valence-corrected chi connectivity index (χ2v) is 6.71. The lowest BCUT2D eigenvalue weighted by Crippen LogP contribution is -2.38. The summed E-state index contributed by atoms with van der Waals surface area (Å²) < 4.78 is 0. The molecule has 2 heteroatoms. The average molecular weight is 311 g/mol. The van der Waals surface area contributed by atoms with Gasteiger partial charge in [-0.2, -0.15) is 0 Å². The van der Waals surface area contributed by atoms with Crippen LogP contribution in [0.5, 0.6) is 0 Å². The Morgan fingerprint density at radius 3 is 1.00 bits per heavy atom. The van der Waals surface area contributed by atoms with E-state index in [1.807, 2.05) is 0 Å². The molecule has 0 fully saturated rings. The Morgan fingerprint density at radius 2 is 0.818 bits per heavy atom. The zero-order valence-corrected chi connectivity index (χ0v) is 16.4. The zero-order chi connectivity index (χ0) is 16.8. The van der Waals surface area contributed by atoms with Crippen molar-refractivity contribution in [2.75, 3.05) is 26.2 Å². The molecule has 0 spiro atoms. The first-order valence-electron chi connectivity index (χ1n) is 9.79. The quantitative estimate of drug-likeness (QED) is 0.386. The predicted octanol–water partition coefficient (Wildman–Crippen LogP) is 6.04. The van der Waals surface area contributed by atoms with Crippen LogP contribution in [0.15, 0.2) is 11.4 Å². The molecular weight excluding hydrogens is 268 g/mol. The first-order chi connectivity index (χ1) is 10.6. The SMILES string of the molecule is CCCCN(CCCC)C(=C(C)C)N(CCCC)CCCC. The number of hydrogen-bond acceptors (Lipinski definition) is 2. The molecule has 0 aliphatic rings. The van der Waals surface area contributed by atoms with Gasteiger partial charge in [0.25, 0.3) is 0 Å². The zero-order valence-electron chi connectivity index (χ0n) is 16.4. The summed E-state index contributed by atoms with van der Waals surface area (Å²) in [5, 5.41) is 0. The van der Waals surface area contributed by atoms with Gasteiger partial charge in [-0.05, 0) is 45.1 Å². The van der Waals surface area contributed by atoms with Gasteiger partial charge in [-0.1, -0.05) is 53.4 Å². The maximum absolute atomic E-state index is 2.67. The molecule has 0 heterocycles. The molecule has 0 amide bonds. The standard InChI is InChI=1S/C20H42N2/c1-7-11-15-21(16-12-8-2)20(19(5)6)22(17-13-9-3)18-14-10-4/h7-18H2,1-6H3. The normalized spacial score (nSPS) is 10.6. The van der Waals surface area contributed by atoms with Crippen molar-refractivity contribution in [1.82, 2.24) is 9.80 Å². The topological polar surface area (TPSA) is 6.48 Å². The van der Waals surface area contributed by atoms with Crippen molar-refractivity contribution in [3.63, 3.8) is 0 Å². The molecule has 0 saturated heterocycles. The number of allylic oxidation sites excluding steroid dienone is 1. The van der Waals surface area contributed by atoms with Gasteiger partial charge in [0.05, 0.1) is 0 Å². The van der Waals surface area contributed by atoms with Crippen molar-refractivity contribution in [2.45, 2.75) is 92.9 Å². The fourth-order valence-electron chi connectivity index (χ4n) is 2.88. The summed E-state index contributed by atoms with van der Waals surface area (Å²) in [7, 11) is 0. The first kappa shape index (κ1) is 21.3. The van der Waals surface area contributed by atoms with E-state index in [0.29, 0.717) is 0 Å². The van der Waals surface area contributed by atoms with Crippen LogP contribution >= 0.6 is 0 Å². The van der Waals surface area contributed by atoms with Crippen LogP contribution in [0.25, 0.3) is 0 Å². The molecule has 132 valence electrons. The molecule has 0 rings (SSSR count). The number of nitrogens with zero attached hydrogens (tertiary/aromatic N) is 2.